The Balaban J connectivity index is 1.96. The molecule has 0 saturated carbocycles. The van der Waals surface area contributed by atoms with Gasteiger partial charge in [0.25, 0.3) is 0 Å². The second-order valence-electron chi connectivity index (χ2n) is 5.22. The first-order valence-electron chi connectivity index (χ1n) is 7.21. The van der Waals surface area contributed by atoms with E-state index in [0.717, 1.165) is 11.1 Å². The van der Waals surface area contributed by atoms with E-state index in [1.54, 1.807) is 11.8 Å². The predicted molar refractivity (Wildman–Crippen MR) is 90.2 cm³/mol. The van der Waals surface area contributed by atoms with Crippen molar-refractivity contribution in [3.63, 3.8) is 0 Å². The van der Waals surface area contributed by atoms with Gasteiger partial charge in [-0.15, -0.1) is 11.8 Å². The van der Waals surface area contributed by atoms with Gasteiger partial charge in [-0.1, -0.05) is 36.4 Å². The average molecular weight is 316 g/mol. The number of carboxylic acids is 1. The highest BCUT2D eigenvalue weighted by Crippen LogP contribution is 2.23. The SMILES string of the molecule is CSc1ccc(-c2ccc(CCC(O)CC(=O)O)cc2)cc1. The van der Waals surface area contributed by atoms with Crippen LogP contribution in [0.2, 0.25) is 0 Å². The highest BCUT2D eigenvalue weighted by Gasteiger charge is 2.09. The largest absolute Gasteiger partial charge is 0.481 e. The van der Waals surface area contributed by atoms with Crippen LogP contribution >= 0.6 is 11.8 Å². The number of aliphatic hydroxyl groups is 1. The van der Waals surface area contributed by atoms with E-state index in [1.807, 2.05) is 12.1 Å². The summed E-state index contributed by atoms with van der Waals surface area (Å²) in [6.07, 6.45) is 2.23. The van der Waals surface area contributed by atoms with Crippen LogP contribution in [0.1, 0.15) is 18.4 Å². The maximum absolute atomic E-state index is 10.5. The quantitative estimate of drug-likeness (QED) is 0.762. The highest BCUT2D eigenvalue weighted by molar-refractivity contribution is 7.98. The van der Waals surface area contributed by atoms with Gasteiger partial charge < -0.3 is 10.2 Å². The molecule has 116 valence electrons. The van der Waals surface area contributed by atoms with Crippen molar-refractivity contribution in [1.82, 2.24) is 0 Å². The third-order valence-electron chi connectivity index (χ3n) is 3.55. The van der Waals surface area contributed by atoms with Crippen molar-refractivity contribution in [2.75, 3.05) is 6.26 Å². The molecule has 0 bridgehead atoms. The van der Waals surface area contributed by atoms with E-state index in [2.05, 4.69) is 42.7 Å². The molecule has 1 unspecified atom stereocenters. The molecule has 0 aliphatic rings. The Morgan fingerprint density at radius 1 is 1.05 bits per heavy atom. The average Bonchev–Trinajstić information content (AvgIpc) is 2.53. The van der Waals surface area contributed by atoms with Crippen molar-refractivity contribution in [2.24, 2.45) is 0 Å². The molecule has 0 aliphatic heterocycles. The van der Waals surface area contributed by atoms with Crippen molar-refractivity contribution in [3.05, 3.63) is 54.1 Å². The summed E-state index contributed by atoms with van der Waals surface area (Å²) in [6, 6.07) is 16.6. The summed E-state index contributed by atoms with van der Waals surface area (Å²) >= 11 is 1.72. The number of benzene rings is 2. The van der Waals surface area contributed by atoms with Crippen LogP contribution in [-0.4, -0.2) is 28.5 Å². The summed E-state index contributed by atoms with van der Waals surface area (Å²) in [5, 5.41) is 18.2. The van der Waals surface area contributed by atoms with Crippen molar-refractivity contribution >= 4 is 17.7 Å². The van der Waals surface area contributed by atoms with E-state index in [4.69, 9.17) is 5.11 Å². The van der Waals surface area contributed by atoms with E-state index in [-0.39, 0.29) is 6.42 Å². The monoisotopic (exact) mass is 316 g/mol. The molecule has 2 rings (SSSR count). The number of aliphatic carboxylic acids is 1. The van der Waals surface area contributed by atoms with E-state index >= 15 is 0 Å². The fraction of sp³-hybridized carbons (Fsp3) is 0.278. The predicted octanol–water partition coefficient (Wildman–Crippen LogP) is 3.84. The van der Waals surface area contributed by atoms with Crippen LogP contribution in [0.25, 0.3) is 11.1 Å². The molecule has 0 aromatic heterocycles. The molecular weight excluding hydrogens is 296 g/mol. The number of carbonyl (C=O) groups is 1. The number of aliphatic hydroxyl groups excluding tert-OH is 1. The van der Waals surface area contributed by atoms with Crippen LogP contribution in [0, 0.1) is 0 Å². The first-order chi connectivity index (χ1) is 10.6. The molecule has 0 radical (unpaired) electrons. The molecule has 0 amide bonds. The molecule has 0 aliphatic carbocycles. The normalized spacial score (nSPS) is 12.1. The first kappa shape index (κ1) is 16.6. The van der Waals surface area contributed by atoms with Crippen molar-refractivity contribution in [2.45, 2.75) is 30.3 Å². The minimum Gasteiger partial charge on any atom is -0.481 e. The van der Waals surface area contributed by atoms with E-state index in [0.29, 0.717) is 12.8 Å². The van der Waals surface area contributed by atoms with Gasteiger partial charge in [0.05, 0.1) is 12.5 Å². The first-order valence-corrected chi connectivity index (χ1v) is 8.44. The molecule has 1 atom stereocenters. The molecular formula is C18H20O3S. The summed E-state index contributed by atoms with van der Waals surface area (Å²) in [7, 11) is 0. The number of thioether (sulfide) groups is 1. The Morgan fingerprint density at radius 2 is 1.59 bits per heavy atom. The Bertz CT molecular complexity index is 605. The second-order valence-corrected chi connectivity index (χ2v) is 6.10. The van der Waals surface area contributed by atoms with Crippen LogP contribution in [0.4, 0.5) is 0 Å². The lowest BCUT2D eigenvalue weighted by atomic mass is 10.0. The summed E-state index contributed by atoms with van der Waals surface area (Å²) in [4.78, 5) is 11.8. The van der Waals surface area contributed by atoms with Crippen molar-refractivity contribution < 1.29 is 15.0 Å². The Morgan fingerprint density at radius 3 is 2.09 bits per heavy atom. The summed E-state index contributed by atoms with van der Waals surface area (Å²) in [5.74, 6) is -0.962. The topological polar surface area (TPSA) is 57.5 Å². The number of aryl methyl sites for hydroxylation is 1. The number of hydrogen-bond acceptors (Lipinski definition) is 3. The molecule has 22 heavy (non-hydrogen) atoms. The molecule has 0 fully saturated rings. The summed E-state index contributed by atoms with van der Waals surface area (Å²) < 4.78 is 0. The lowest BCUT2D eigenvalue weighted by Crippen LogP contribution is -2.13. The molecule has 4 heteroatoms. The van der Waals surface area contributed by atoms with E-state index < -0.39 is 12.1 Å². The van der Waals surface area contributed by atoms with Gasteiger partial charge in [0.15, 0.2) is 0 Å². The number of rotatable bonds is 7. The Kier molecular flexibility index (Phi) is 6.04. The molecule has 3 nitrogen and oxygen atoms in total. The van der Waals surface area contributed by atoms with Gasteiger partial charge in [-0.25, -0.2) is 0 Å². The van der Waals surface area contributed by atoms with Gasteiger partial charge in [-0.3, -0.25) is 4.79 Å². The fourth-order valence-electron chi connectivity index (χ4n) is 2.28. The zero-order valence-electron chi connectivity index (χ0n) is 12.5. The maximum atomic E-state index is 10.5. The van der Waals surface area contributed by atoms with Gasteiger partial charge in [-0.2, -0.15) is 0 Å². The van der Waals surface area contributed by atoms with Gasteiger partial charge >= 0.3 is 5.97 Å². The number of hydrogen-bond donors (Lipinski definition) is 2. The van der Waals surface area contributed by atoms with Crippen LogP contribution in [0.3, 0.4) is 0 Å². The molecule has 0 heterocycles. The van der Waals surface area contributed by atoms with E-state index in [1.165, 1.54) is 10.5 Å². The minimum absolute atomic E-state index is 0.195. The summed E-state index contributed by atoms with van der Waals surface area (Å²) in [6.45, 7) is 0. The highest BCUT2D eigenvalue weighted by atomic mass is 32.2. The van der Waals surface area contributed by atoms with Crippen LogP contribution in [-0.2, 0) is 11.2 Å². The van der Waals surface area contributed by atoms with Crippen molar-refractivity contribution in [3.8, 4) is 11.1 Å². The molecule has 2 aromatic rings. The van der Waals surface area contributed by atoms with Crippen molar-refractivity contribution in [1.29, 1.82) is 0 Å². The van der Waals surface area contributed by atoms with Gasteiger partial charge in [0.1, 0.15) is 0 Å². The van der Waals surface area contributed by atoms with E-state index in [9.17, 15) is 9.90 Å². The Hall–Kier alpha value is -1.78. The molecule has 0 saturated heterocycles. The fourth-order valence-corrected chi connectivity index (χ4v) is 2.69. The van der Waals surface area contributed by atoms with Crippen LogP contribution < -0.4 is 0 Å². The molecule has 2 aromatic carbocycles. The van der Waals surface area contributed by atoms with Gasteiger partial charge in [-0.05, 0) is 47.9 Å². The third-order valence-corrected chi connectivity index (χ3v) is 4.30. The van der Waals surface area contributed by atoms with Gasteiger partial charge in [0, 0.05) is 4.90 Å². The third kappa shape index (κ3) is 4.90. The maximum Gasteiger partial charge on any atom is 0.305 e. The Labute approximate surface area is 135 Å². The lowest BCUT2D eigenvalue weighted by Gasteiger charge is -2.08. The standard InChI is InChI=1S/C18H20O3S/c1-22-17-10-7-15(8-11-17)14-5-2-13(3-6-14)4-9-16(19)12-18(20)21/h2-3,5-8,10-11,16,19H,4,9,12H2,1H3,(H,20,21). The minimum atomic E-state index is -0.962. The number of carboxylic acid groups (broad SMARTS) is 1. The van der Waals surface area contributed by atoms with Crippen LogP contribution in [0.5, 0.6) is 0 Å². The zero-order chi connectivity index (χ0) is 15.9. The molecule has 2 N–H and O–H groups in total. The van der Waals surface area contributed by atoms with Gasteiger partial charge in [0.2, 0.25) is 0 Å². The van der Waals surface area contributed by atoms with Crippen LogP contribution in [0.15, 0.2) is 53.4 Å². The second kappa shape index (κ2) is 8.01. The smallest absolute Gasteiger partial charge is 0.305 e. The summed E-state index contributed by atoms with van der Waals surface area (Å²) in [5.41, 5.74) is 3.44. The molecule has 0 spiro atoms. The zero-order valence-corrected chi connectivity index (χ0v) is 13.3. The lowest BCUT2D eigenvalue weighted by molar-refractivity contribution is -0.139.